The number of ketones is 1. The number of benzene rings is 2. The maximum Gasteiger partial charge on any atom is 0.296 e. The Morgan fingerprint density at radius 3 is 2.46 bits per heavy atom. The predicted molar refractivity (Wildman–Crippen MR) is 131 cm³/mol. The normalized spacial score (nSPS) is 17.7. The van der Waals surface area contributed by atoms with Crippen LogP contribution < -0.4 is 4.74 Å². The molecule has 1 aliphatic rings. The molecule has 1 saturated heterocycles. The summed E-state index contributed by atoms with van der Waals surface area (Å²) in [6.07, 6.45) is 1.49. The van der Waals surface area contributed by atoms with Crippen molar-refractivity contribution in [3.8, 4) is 11.5 Å². The summed E-state index contributed by atoms with van der Waals surface area (Å²) < 4.78 is 10.6. The van der Waals surface area contributed by atoms with Gasteiger partial charge in [0.05, 0.1) is 31.5 Å². The lowest BCUT2D eigenvalue weighted by Crippen LogP contribution is -2.29. The van der Waals surface area contributed by atoms with Crippen molar-refractivity contribution in [3.63, 3.8) is 0 Å². The summed E-state index contributed by atoms with van der Waals surface area (Å²) in [5.41, 5.74) is 2.46. The average molecular weight is 476 g/mol. The average Bonchev–Trinajstić information content (AvgIpc) is 3.40. The van der Waals surface area contributed by atoms with Crippen molar-refractivity contribution in [1.29, 1.82) is 0 Å². The molecule has 182 valence electrons. The van der Waals surface area contributed by atoms with Gasteiger partial charge in [0.2, 0.25) is 0 Å². The van der Waals surface area contributed by atoms with E-state index in [4.69, 9.17) is 9.15 Å². The van der Waals surface area contributed by atoms with Crippen LogP contribution in [0.5, 0.6) is 11.5 Å². The molecule has 2 heterocycles. The molecule has 35 heavy (non-hydrogen) atoms. The van der Waals surface area contributed by atoms with Crippen LogP contribution in [-0.2, 0) is 21.5 Å². The number of ether oxygens (including phenoxy) is 1. The number of phenolic OH excluding ortho intramolecular Hbond substituents is 1. The third-order valence-electron chi connectivity index (χ3n) is 6.32. The highest BCUT2D eigenvalue weighted by Crippen LogP contribution is 2.43. The molecule has 1 atom stereocenters. The van der Waals surface area contributed by atoms with Crippen molar-refractivity contribution in [2.45, 2.75) is 45.7 Å². The molecule has 0 aliphatic carbocycles. The number of furan rings is 1. The quantitative estimate of drug-likeness (QED) is 0.298. The number of aryl methyl sites for hydroxylation is 1. The number of carbonyl (C=O) groups excluding carboxylic acids is 2. The second kappa shape index (κ2) is 8.98. The van der Waals surface area contributed by atoms with Gasteiger partial charge in [-0.25, -0.2) is 0 Å². The standard InChI is InChI=1S/C28H29NO6/c1-16-8-10-18(28(2,3)4)14-20(16)25(31)23-24(17-9-11-22(34-5)21(30)13-17)29(27(33)26(23)32)15-19-7-6-12-35-19/h6-14,24,30-31H,15H2,1-5H3/b25-23+. The van der Waals surface area contributed by atoms with Gasteiger partial charge in [-0.15, -0.1) is 0 Å². The minimum Gasteiger partial charge on any atom is -0.507 e. The Bertz CT molecular complexity index is 1310. The van der Waals surface area contributed by atoms with Crippen LogP contribution in [0.4, 0.5) is 0 Å². The van der Waals surface area contributed by atoms with Crippen molar-refractivity contribution >= 4 is 17.4 Å². The minimum atomic E-state index is -0.936. The van der Waals surface area contributed by atoms with E-state index in [9.17, 15) is 19.8 Å². The summed E-state index contributed by atoms with van der Waals surface area (Å²) in [7, 11) is 1.43. The number of hydrogen-bond acceptors (Lipinski definition) is 6. The topological polar surface area (TPSA) is 100 Å². The zero-order chi connectivity index (χ0) is 25.5. The van der Waals surface area contributed by atoms with Gasteiger partial charge in [0, 0.05) is 5.56 Å². The smallest absolute Gasteiger partial charge is 0.296 e. The molecule has 2 N–H and O–H groups in total. The number of phenols is 1. The molecule has 7 nitrogen and oxygen atoms in total. The largest absolute Gasteiger partial charge is 0.507 e. The fourth-order valence-electron chi connectivity index (χ4n) is 4.33. The van der Waals surface area contributed by atoms with E-state index in [-0.39, 0.29) is 34.8 Å². The van der Waals surface area contributed by atoms with E-state index in [0.29, 0.717) is 16.9 Å². The monoisotopic (exact) mass is 475 g/mol. The van der Waals surface area contributed by atoms with Crippen molar-refractivity contribution in [2.75, 3.05) is 7.11 Å². The number of amides is 1. The van der Waals surface area contributed by atoms with Crippen molar-refractivity contribution in [1.82, 2.24) is 4.90 Å². The Morgan fingerprint density at radius 2 is 1.86 bits per heavy atom. The highest BCUT2D eigenvalue weighted by atomic mass is 16.5. The minimum absolute atomic E-state index is 0.0207. The number of Topliss-reactive ketones (excluding diaryl/α,β-unsaturated/α-hetero) is 1. The Hall–Kier alpha value is -4.00. The van der Waals surface area contributed by atoms with Gasteiger partial charge >= 0.3 is 0 Å². The first-order chi connectivity index (χ1) is 16.5. The van der Waals surface area contributed by atoms with Crippen molar-refractivity contribution in [2.24, 2.45) is 0 Å². The van der Waals surface area contributed by atoms with Gasteiger partial charge in [-0.1, -0.05) is 39.0 Å². The van der Waals surface area contributed by atoms with Crippen LogP contribution in [0.1, 0.15) is 54.8 Å². The molecular formula is C28H29NO6. The molecule has 4 rings (SSSR count). The molecule has 1 fully saturated rings. The lowest BCUT2D eigenvalue weighted by molar-refractivity contribution is -0.140. The lowest BCUT2D eigenvalue weighted by Gasteiger charge is -2.25. The van der Waals surface area contributed by atoms with Crippen LogP contribution in [0.3, 0.4) is 0 Å². The van der Waals surface area contributed by atoms with E-state index in [1.165, 1.54) is 24.3 Å². The number of hydrogen-bond donors (Lipinski definition) is 2. The number of nitrogens with zero attached hydrogens (tertiary/aromatic N) is 1. The maximum atomic E-state index is 13.3. The number of methoxy groups -OCH3 is 1. The van der Waals surface area contributed by atoms with E-state index in [1.54, 1.807) is 24.3 Å². The summed E-state index contributed by atoms with van der Waals surface area (Å²) in [6.45, 7) is 8.04. The van der Waals surface area contributed by atoms with E-state index in [2.05, 4.69) is 20.8 Å². The van der Waals surface area contributed by atoms with Gasteiger partial charge in [-0.05, 0) is 59.4 Å². The number of aromatic hydroxyl groups is 1. The molecule has 3 aromatic rings. The molecule has 1 amide bonds. The summed E-state index contributed by atoms with van der Waals surface area (Å²) in [4.78, 5) is 27.8. The van der Waals surface area contributed by atoms with E-state index in [1.807, 2.05) is 25.1 Å². The molecule has 0 saturated carbocycles. The van der Waals surface area contributed by atoms with Gasteiger partial charge in [0.25, 0.3) is 11.7 Å². The van der Waals surface area contributed by atoms with Crippen LogP contribution in [0, 0.1) is 6.92 Å². The van der Waals surface area contributed by atoms with Crippen LogP contribution >= 0.6 is 0 Å². The summed E-state index contributed by atoms with van der Waals surface area (Å²) in [5, 5.41) is 21.9. The second-order valence-corrected chi connectivity index (χ2v) is 9.72. The molecule has 0 radical (unpaired) electrons. The molecular weight excluding hydrogens is 446 g/mol. The summed E-state index contributed by atoms with van der Waals surface area (Å²) >= 11 is 0. The Morgan fingerprint density at radius 1 is 1.11 bits per heavy atom. The maximum absolute atomic E-state index is 13.3. The van der Waals surface area contributed by atoms with Gasteiger partial charge in [-0.2, -0.15) is 0 Å². The van der Waals surface area contributed by atoms with E-state index >= 15 is 0 Å². The van der Waals surface area contributed by atoms with Gasteiger partial charge < -0.3 is 24.3 Å². The fourth-order valence-corrected chi connectivity index (χ4v) is 4.33. The third-order valence-corrected chi connectivity index (χ3v) is 6.32. The number of likely N-dealkylation sites (tertiary alicyclic amines) is 1. The fraction of sp³-hybridized carbons (Fsp3) is 0.286. The lowest BCUT2D eigenvalue weighted by atomic mass is 9.84. The zero-order valence-electron chi connectivity index (χ0n) is 20.5. The van der Waals surface area contributed by atoms with E-state index in [0.717, 1.165) is 11.1 Å². The molecule has 0 bridgehead atoms. The Labute approximate surface area is 204 Å². The summed E-state index contributed by atoms with van der Waals surface area (Å²) in [5.74, 6) is -1.21. The number of aliphatic hydroxyl groups excluding tert-OH is 1. The molecule has 2 aromatic carbocycles. The van der Waals surface area contributed by atoms with Gasteiger partial charge in [0.1, 0.15) is 11.5 Å². The van der Waals surface area contributed by atoms with Crippen LogP contribution in [0.25, 0.3) is 5.76 Å². The number of carbonyl (C=O) groups is 2. The first kappa shape index (κ1) is 24.1. The Balaban J connectivity index is 1.93. The number of aliphatic hydroxyl groups is 1. The van der Waals surface area contributed by atoms with E-state index < -0.39 is 17.7 Å². The molecule has 1 unspecified atom stereocenters. The van der Waals surface area contributed by atoms with Gasteiger partial charge in [0.15, 0.2) is 11.5 Å². The highest BCUT2D eigenvalue weighted by molar-refractivity contribution is 6.46. The van der Waals surface area contributed by atoms with Crippen LogP contribution in [0.15, 0.2) is 64.8 Å². The van der Waals surface area contributed by atoms with Crippen molar-refractivity contribution < 1.29 is 29.0 Å². The molecule has 1 aliphatic heterocycles. The highest BCUT2D eigenvalue weighted by Gasteiger charge is 2.46. The predicted octanol–water partition coefficient (Wildman–Crippen LogP) is 5.22. The molecule has 7 heteroatoms. The number of rotatable bonds is 5. The van der Waals surface area contributed by atoms with Crippen molar-refractivity contribution in [3.05, 3.63) is 88.4 Å². The Kier molecular flexibility index (Phi) is 6.19. The third kappa shape index (κ3) is 4.41. The van der Waals surface area contributed by atoms with Crippen LogP contribution in [0.2, 0.25) is 0 Å². The van der Waals surface area contributed by atoms with Gasteiger partial charge in [-0.3, -0.25) is 9.59 Å². The SMILES string of the molecule is COc1ccc(C2/C(=C(\O)c3cc(C(C)(C)C)ccc3C)C(=O)C(=O)N2Cc2ccco2)cc1O. The molecule has 1 aromatic heterocycles. The van der Waals surface area contributed by atoms with Crippen LogP contribution in [-0.4, -0.2) is 33.9 Å². The second-order valence-electron chi connectivity index (χ2n) is 9.72. The first-order valence-electron chi connectivity index (χ1n) is 11.3. The molecule has 0 spiro atoms. The first-order valence-corrected chi connectivity index (χ1v) is 11.3. The summed E-state index contributed by atoms with van der Waals surface area (Å²) in [6, 6.07) is 12.9. The zero-order valence-corrected chi connectivity index (χ0v) is 20.5.